The molecule has 106 valence electrons. The van der Waals surface area contributed by atoms with Crippen molar-refractivity contribution in [3.8, 4) is 0 Å². The highest BCUT2D eigenvalue weighted by Crippen LogP contribution is 2.26. The zero-order valence-corrected chi connectivity index (χ0v) is 13.3. The molecule has 1 rings (SSSR count). The SMILES string of the molecule is CC(C)(C)OC(=O)[C@](N)(Cc1ccc(Br)s1)C(=O)O. The van der Waals surface area contributed by atoms with E-state index in [-0.39, 0.29) is 6.42 Å². The van der Waals surface area contributed by atoms with E-state index in [0.29, 0.717) is 4.88 Å². The van der Waals surface area contributed by atoms with Crippen molar-refractivity contribution in [2.75, 3.05) is 0 Å². The van der Waals surface area contributed by atoms with Crippen LogP contribution in [0.4, 0.5) is 0 Å². The number of hydrogen-bond donors (Lipinski definition) is 2. The van der Waals surface area contributed by atoms with Gasteiger partial charge in [0.05, 0.1) is 3.79 Å². The number of ether oxygens (including phenoxy) is 1. The molecule has 0 aliphatic carbocycles. The molecule has 0 saturated heterocycles. The fraction of sp³-hybridized carbons (Fsp3) is 0.500. The van der Waals surface area contributed by atoms with Gasteiger partial charge in [-0.05, 0) is 48.8 Å². The molecule has 0 aliphatic rings. The Morgan fingerprint density at radius 1 is 1.42 bits per heavy atom. The summed E-state index contributed by atoms with van der Waals surface area (Å²) >= 11 is 4.61. The van der Waals surface area contributed by atoms with Crippen LogP contribution in [0, 0.1) is 0 Å². The summed E-state index contributed by atoms with van der Waals surface area (Å²) in [4.78, 5) is 24.0. The summed E-state index contributed by atoms with van der Waals surface area (Å²) < 4.78 is 5.94. The van der Waals surface area contributed by atoms with Crippen LogP contribution in [0.25, 0.3) is 0 Å². The Morgan fingerprint density at radius 2 is 2.00 bits per heavy atom. The molecule has 0 spiro atoms. The number of halogens is 1. The maximum absolute atomic E-state index is 12.0. The van der Waals surface area contributed by atoms with Gasteiger partial charge >= 0.3 is 11.9 Å². The van der Waals surface area contributed by atoms with E-state index in [1.165, 1.54) is 11.3 Å². The molecule has 19 heavy (non-hydrogen) atoms. The van der Waals surface area contributed by atoms with Gasteiger partial charge in [0.1, 0.15) is 5.60 Å². The summed E-state index contributed by atoms with van der Waals surface area (Å²) in [7, 11) is 0. The third kappa shape index (κ3) is 4.29. The fourth-order valence-electron chi connectivity index (χ4n) is 1.33. The molecule has 0 amide bonds. The minimum Gasteiger partial charge on any atom is -0.479 e. The largest absolute Gasteiger partial charge is 0.479 e. The molecule has 0 unspecified atom stereocenters. The van der Waals surface area contributed by atoms with Gasteiger partial charge in [-0.3, -0.25) is 0 Å². The van der Waals surface area contributed by atoms with E-state index in [9.17, 15) is 14.7 Å². The van der Waals surface area contributed by atoms with Crippen LogP contribution < -0.4 is 5.73 Å². The van der Waals surface area contributed by atoms with Gasteiger partial charge < -0.3 is 15.6 Å². The molecule has 1 atom stereocenters. The molecule has 1 aromatic heterocycles. The molecule has 0 aliphatic heterocycles. The number of thiophene rings is 1. The van der Waals surface area contributed by atoms with Gasteiger partial charge in [0.25, 0.3) is 0 Å². The van der Waals surface area contributed by atoms with Crippen molar-refractivity contribution in [3.63, 3.8) is 0 Å². The van der Waals surface area contributed by atoms with Crippen LogP contribution in [0.5, 0.6) is 0 Å². The lowest BCUT2D eigenvalue weighted by atomic mass is 9.95. The van der Waals surface area contributed by atoms with Gasteiger partial charge in [0.15, 0.2) is 0 Å². The molecule has 0 radical (unpaired) electrons. The van der Waals surface area contributed by atoms with Crippen molar-refractivity contribution in [1.29, 1.82) is 0 Å². The third-order valence-corrected chi connectivity index (χ3v) is 3.85. The Bertz CT molecular complexity index is 494. The molecule has 0 saturated carbocycles. The van der Waals surface area contributed by atoms with Gasteiger partial charge in [0.2, 0.25) is 5.54 Å². The molecule has 1 aromatic rings. The van der Waals surface area contributed by atoms with Crippen molar-refractivity contribution in [3.05, 3.63) is 20.8 Å². The van der Waals surface area contributed by atoms with Crippen LogP contribution in [0.15, 0.2) is 15.9 Å². The number of esters is 1. The van der Waals surface area contributed by atoms with Gasteiger partial charge in [-0.2, -0.15) is 0 Å². The van der Waals surface area contributed by atoms with Crippen molar-refractivity contribution in [1.82, 2.24) is 0 Å². The number of carboxylic acid groups (broad SMARTS) is 1. The van der Waals surface area contributed by atoms with Gasteiger partial charge in [0, 0.05) is 11.3 Å². The number of aliphatic carboxylic acids is 1. The lowest BCUT2D eigenvalue weighted by Crippen LogP contribution is -2.58. The molecular weight excluding hydrogens is 334 g/mol. The zero-order chi connectivity index (χ0) is 14.8. The van der Waals surface area contributed by atoms with E-state index >= 15 is 0 Å². The second-order valence-electron chi connectivity index (χ2n) is 5.16. The predicted molar refractivity (Wildman–Crippen MR) is 76.1 cm³/mol. The number of carbonyl (C=O) groups is 2. The van der Waals surface area contributed by atoms with Crippen LogP contribution in [0.3, 0.4) is 0 Å². The van der Waals surface area contributed by atoms with Crippen LogP contribution in [-0.2, 0) is 20.7 Å². The van der Waals surface area contributed by atoms with E-state index < -0.39 is 23.1 Å². The topological polar surface area (TPSA) is 89.6 Å². The van der Waals surface area contributed by atoms with Gasteiger partial charge in [-0.25, -0.2) is 9.59 Å². The molecule has 0 bridgehead atoms. The first-order chi connectivity index (χ1) is 8.54. The minimum atomic E-state index is -2.07. The summed E-state index contributed by atoms with van der Waals surface area (Å²) in [5, 5.41) is 9.23. The highest BCUT2D eigenvalue weighted by Gasteiger charge is 2.45. The molecule has 0 aromatic carbocycles. The Balaban J connectivity index is 2.97. The Labute approximate surface area is 123 Å². The smallest absolute Gasteiger partial charge is 0.338 e. The number of carbonyl (C=O) groups excluding carboxylic acids is 1. The van der Waals surface area contributed by atoms with Gasteiger partial charge in [-0.15, -0.1) is 11.3 Å². The lowest BCUT2D eigenvalue weighted by Gasteiger charge is -2.27. The van der Waals surface area contributed by atoms with E-state index in [1.54, 1.807) is 32.9 Å². The van der Waals surface area contributed by atoms with Crippen molar-refractivity contribution >= 4 is 39.2 Å². The maximum atomic E-state index is 12.0. The predicted octanol–water partition coefficient (Wildman–Crippen LogP) is 2.18. The van der Waals surface area contributed by atoms with Crippen LogP contribution in [-0.4, -0.2) is 28.2 Å². The van der Waals surface area contributed by atoms with Crippen LogP contribution in [0.1, 0.15) is 25.6 Å². The van der Waals surface area contributed by atoms with Crippen molar-refractivity contribution in [2.24, 2.45) is 5.73 Å². The number of nitrogens with two attached hydrogens (primary N) is 1. The first-order valence-corrected chi connectivity index (χ1v) is 7.15. The standard InChI is InChI=1S/C12H16BrNO4S/c1-11(2,3)18-10(17)12(14,9(15)16)6-7-4-5-8(13)19-7/h4-5H,6,14H2,1-3H3,(H,15,16)/t12-/m0/s1. The first kappa shape index (κ1) is 16.1. The van der Waals surface area contributed by atoms with E-state index in [2.05, 4.69) is 15.9 Å². The molecule has 0 fully saturated rings. The Morgan fingerprint density at radius 3 is 2.37 bits per heavy atom. The van der Waals surface area contributed by atoms with E-state index in [0.717, 1.165) is 3.79 Å². The average molecular weight is 350 g/mol. The monoisotopic (exact) mass is 349 g/mol. The number of carboxylic acids is 1. The van der Waals surface area contributed by atoms with Crippen molar-refractivity contribution in [2.45, 2.75) is 38.3 Å². The second kappa shape index (κ2) is 5.60. The normalized spacial score (nSPS) is 14.8. The van der Waals surface area contributed by atoms with E-state index in [4.69, 9.17) is 10.5 Å². The molecule has 1 heterocycles. The molecule has 3 N–H and O–H groups in total. The maximum Gasteiger partial charge on any atom is 0.338 e. The summed E-state index contributed by atoms with van der Waals surface area (Å²) in [5.41, 5.74) is 2.89. The Hall–Kier alpha value is -0.920. The lowest BCUT2D eigenvalue weighted by molar-refractivity contribution is -0.169. The highest BCUT2D eigenvalue weighted by atomic mass is 79.9. The molecular formula is C12H16BrNO4S. The molecule has 7 heteroatoms. The summed E-state index contributed by atoms with van der Waals surface area (Å²) in [6.07, 6.45) is -0.104. The highest BCUT2D eigenvalue weighted by molar-refractivity contribution is 9.11. The molecule has 5 nitrogen and oxygen atoms in total. The van der Waals surface area contributed by atoms with Crippen LogP contribution >= 0.6 is 27.3 Å². The number of hydrogen-bond acceptors (Lipinski definition) is 5. The average Bonchev–Trinajstić information content (AvgIpc) is 2.60. The quantitative estimate of drug-likeness (QED) is 0.642. The van der Waals surface area contributed by atoms with Gasteiger partial charge in [-0.1, -0.05) is 0 Å². The second-order valence-corrected chi connectivity index (χ2v) is 7.71. The van der Waals surface area contributed by atoms with Crippen molar-refractivity contribution < 1.29 is 19.4 Å². The summed E-state index contributed by atoms with van der Waals surface area (Å²) in [6.45, 7) is 4.98. The van der Waals surface area contributed by atoms with E-state index in [1.807, 2.05) is 0 Å². The number of rotatable bonds is 4. The summed E-state index contributed by atoms with van der Waals surface area (Å²) in [6, 6.07) is 3.50. The third-order valence-electron chi connectivity index (χ3n) is 2.23. The zero-order valence-electron chi connectivity index (χ0n) is 10.9. The van der Waals surface area contributed by atoms with Crippen LogP contribution in [0.2, 0.25) is 0 Å². The first-order valence-electron chi connectivity index (χ1n) is 5.54. The fourth-order valence-corrected chi connectivity index (χ4v) is 2.90. The minimum absolute atomic E-state index is 0.104. The summed E-state index contributed by atoms with van der Waals surface area (Å²) in [5.74, 6) is -2.33. The Kier molecular flexibility index (Phi) is 4.76.